The van der Waals surface area contributed by atoms with Crippen LogP contribution in [0.4, 0.5) is 0 Å². The van der Waals surface area contributed by atoms with E-state index in [1.165, 1.54) is 18.0 Å². The molecule has 0 aliphatic rings. The molecule has 4 rings (SSSR count). The van der Waals surface area contributed by atoms with Gasteiger partial charge in [0.05, 0.1) is 12.0 Å². The lowest BCUT2D eigenvalue weighted by molar-refractivity contribution is -0.118. The molecule has 4 aromatic rings. The highest BCUT2D eigenvalue weighted by atomic mass is 35.5. The van der Waals surface area contributed by atoms with Gasteiger partial charge in [0.2, 0.25) is 0 Å². The average molecular weight is 478 g/mol. The van der Waals surface area contributed by atoms with Gasteiger partial charge in [0.25, 0.3) is 5.91 Å². The molecule has 0 spiro atoms. The molecule has 0 atom stereocenters. The number of halogens is 1. The number of aryl methyl sites for hydroxylation is 1. The van der Waals surface area contributed by atoms with Crippen LogP contribution in [0.3, 0.4) is 0 Å². The third-order valence-electron chi connectivity index (χ3n) is 4.66. The maximum absolute atomic E-state index is 12.3. The summed E-state index contributed by atoms with van der Waals surface area (Å²) in [4.78, 5) is 12.3. The number of nitrogens with one attached hydrogen (secondary N) is 1. The van der Waals surface area contributed by atoms with E-state index in [0.717, 1.165) is 22.4 Å². The SMILES string of the molecule is Cc1ccc(-n2c(SCC(=O)N/N=C/c3ccc(O)cc3)nnc2-c2ccc(Cl)cc2)cc1. The highest BCUT2D eigenvalue weighted by Crippen LogP contribution is 2.28. The van der Waals surface area contributed by atoms with E-state index in [0.29, 0.717) is 16.0 Å². The highest BCUT2D eigenvalue weighted by molar-refractivity contribution is 7.99. The molecule has 0 saturated heterocycles. The summed E-state index contributed by atoms with van der Waals surface area (Å²) in [6.07, 6.45) is 1.51. The van der Waals surface area contributed by atoms with Crippen molar-refractivity contribution < 1.29 is 9.90 Å². The lowest BCUT2D eigenvalue weighted by atomic mass is 10.2. The number of benzene rings is 3. The molecule has 33 heavy (non-hydrogen) atoms. The second kappa shape index (κ2) is 10.3. The van der Waals surface area contributed by atoms with Crippen LogP contribution in [0, 0.1) is 6.92 Å². The summed E-state index contributed by atoms with van der Waals surface area (Å²) < 4.78 is 1.92. The molecule has 0 aliphatic heterocycles. The van der Waals surface area contributed by atoms with Crippen molar-refractivity contribution in [3.63, 3.8) is 0 Å². The van der Waals surface area contributed by atoms with Crippen molar-refractivity contribution in [3.8, 4) is 22.8 Å². The van der Waals surface area contributed by atoms with E-state index in [9.17, 15) is 9.90 Å². The summed E-state index contributed by atoms with van der Waals surface area (Å²) in [5.74, 6) is 0.658. The first-order valence-electron chi connectivity index (χ1n) is 10.0. The Kier molecular flexibility index (Phi) is 7.07. The summed E-state index contributed by atoms with van der Waals surface area (Å²) >= 11 is 7.30. The van der Waals surface area contributed by atoms with Crippen LogP contribution in [-0.4, -0.2) is 37.7 Å². The monoisotopic (exact) mass is 477 g/mol. The van der Waals surface area contributed by atoms with Gasteiger partial charge in [0, 0.05) is 16.3 Å². The largest absolute Gasteiger partial charge is 0.508 e. The molecule has 9 heteroatoms. The van der Waals surface area contributed by atoms with E-state index in [2.05, 4.69) is 20.7 Å². The van der Waals surface area contributed by atoms with Crippen LogP contribution in [0.25, 0.3) is 17.1 Å². The molecule has 166 valence electrons. The van der Waals surface area contributed by atoms with Crippen LogP contribution in [0.15, 0.2) is 83.1 Å². The Morgan fingerprint density at radius 2 is 1.76 bits per heavy atom. The van der Waals surface area contributed by atoms with E-state index in [-0.39, 0.29) is 17.4 Å². The van der Waals surface area contributed by atoms with Gasteiger partial charge in [-0.25, -0.2) is 5.43 Å². The smallest absolute Gasteiger partial charge is 0.250 e. The number of phenols is 1. The number of carbonyl (C=O) groups is 1. The Hall–Kier alpha value is -3.62. The van der Waals surface area contributed by atoms with Crippen LogP contribution < -0.4 is 5.43 Å². The number of hydrogen-bond donors (Lipinski definition) is 2. The van der Waals surface area contributed by atoms with E-state index in [4.69, 9.17) is 11.6 Å². The number of aromatic nitrogens is 3. The summed E-state index contributed by atoms with van der Waals surface area (Å²) in [5.41, 5.74) is 6.15. The zero-order valence-electron chi connectivity index (χ0n) is 17.6. The summed E-state index contributed by atoms with van der Waals surface area (Å²) in [7, 11) is 0. The molecule has 1 amide bonds. The molecule has 0 saturated carbocycles. The first kappa shape index (κ1) is 22.6. The van der Waals surface area contributed by atoms with Gasteiger partial charge in [-0.3, -0.25) is 9.36 Å². The van der Waals surface area contributed by atoms with E-state index < -0.39 is 0 Å². The number of nitrogens with zero attached hydrogens (tertiary/aromatic N) is 4. The van der Waals surface area contributed by atoms with Gasteiger partial charge < -0.3 is 5.11 Å². The molecular weight excluding hydrogens is 458 g/mol. The Morgan fingerprint density at radius 1 is 1.06 bits per heavy atom. The number of carbonyl (C=O) groups excluding carboxylic acids is 1. The van der Waals surface area contributed by atoms with Gasteiger partial charge in [-0.15, -0.1) is 10.2 Å². The van der Waals surface area contributed by atoms with Gasteiger partial charge in [-0.1, -0.05) is 41.1 Å². The fraction of sp³-hybridized carbons (Fsp3) is 0.0833. The van der Waals surface area contributed by atoms with E-state index in [1.54, 1.807) is 36.4 Å². The van der Waals surface area contributed by atoms with Gasteiger partial charge in [-0.2, -0.15) is 5.10 Å². The van der Waals surface area contributed by atoms with E-state index >= 15 is 0 Å². The van der Waals surface area contributed by atoms with Crippen LogP contribution in [0.5, 0.6) is 5.75 Å². The molecule has 0 fully saturated rings. The topological polar surface area (TPSA) is 92.4 Å². The third kappa shape index (κ3) is 5.79. The molecule has 0 aliphatic carbocycles. The maximum Gasteiger partial charge on any atom is 0.250 e. The standard InChI is InChI=1S/C24H20ClN5O2S/c1-16-2-10-20(11-3-16)30-23(18-6-8-19(25)9-7-18)28-29-24(30)33-15-22(32)27-26-14-17-4-12-21(31)13-5-17/h2-14,31H,15H2,1H3,(H,27,32)/b26-14+. The molecular formula is C24H20ClN5O2S. The first-order chi connectivity index (χ1) is 16.0. The quantitative estimate of drug-likeness (QED) is 0.225. The minimum atomic E-state index is -0.276. The number of aromatic hydroxyl groups is 1. The molecule has 3 aromatic carbocycles. The van der Waals surface area contributed by atoms with Gasteiger partial charge in [0.1, 0.15) is 5.75 Å². The number of rotatable bonds is 7. The molecule has 2 N–H and O–H groups in total. The lowest BCUT2D eigenvalue weighted by Gasteiger charge is -2.10. The minimum Gasteiger partial charge on any atom is -0.508 e. The number of hydrazone groups is 1. The molecule has 0 radical (unpaired) electrons. The Labute approximate surface area is 200 Å². The number of thioether (sulfide) groups is 1. The Bertz CT molecular complexity index is 1270. The molecule has 7 nitrogen and oxygen atoms in total. The van der Waals surface area contributed by atoms with Crippen molar-refractivity contribution in [1.82, 2.24) is 20.2 Å². The second-order valence-electron chi connectivity index (χ2n) is 7.16. The van der Waals surface area contributed by atoms with Gasteiger partial charge >= 0.3 is 0 Å². The highest BCUT2D eigenvalue weighted by Gasteiger charge is 2.17. The first-order valence-corrected chi connectivity index (χ1v) is 11.4. The molecule has 1 aromatic heterocycles. The van der Waals surface area contributed by atoms with E-state index in [1.807, 2.05) is 47.9 Å². The summed E-state index contributed by atoms with van der Waals surface area (Å²) in [5, 5.41) is 23.2. The Balaban J connectivity index is 1.51. The van der Waals surface area contributed by atoms with Crippen LogP contribution in [-0.2, 0) is 4.79 Å². The number of amides is 1. The summed E-state index contributed by atoms with van der Waals surface area (Å²) in [6.45, 7) is 2.02. The van der Waals surface area contributed by atoms with Gasteiger partial charge in [-0.05, 0) is 73.2 Å². The molecule has 0 bridgehead atoms. The van der Waals surface area contributed by atoms with Crippen molar-refractivity contribution in [2.75, 3.05) is 5.75 Å². The lowest BCUT2D eigenvalue weighted by Crippen LogP contribution is -2.20. The van der Waals surface area contributed by atoms with Crippen molar-refractivity contribution >= 4 is 35.5 Å². The van der Waals surface area contributed by atoms with Crippen molar-refractivity contribution in [2.45, 2.75) is 12.1 Å². The van der Waals surface area contributed by atoms with Crippen molar-refractivity contribution in [2.24, 2.45) is 5.10 Å². The normalized spacial score (nSPS) is 11.1. The summed E-state index contributed by atoms with van der Waals surface area (Å²) in [6, 6.07) is 21.9. The molecule has 0 unspecified atom stereocenters. The maximum atomic E-state index is 12.3. The molecule has 1 heterocycles. The fourth-order valence-electron chi connectivity index (χ4n) is 2.98. The zero-order chi connectivity index (χ0) is 23.2. The van der Waals surface area contributed by atoms with Crippen molar-refractivity contribution in [1.29, 1.82) is 0 Å². The van der Waals surface area contributed by atoms with Crippen LogP contribution in [0.1, 0.15) is 11.1 Å². The second-order valence-corrected chi connectivity index (χ2v) is 8.54. The average Bonchev–Trinajstić information content (AvgIpc) is 3.24. The predicted octanol–water partition coefficient (Wildman–Crippen LogP) is 4.84. The van der Waals surface area contributed by atoms with Gasteiger partial charge in [0.15, 0.2) is 11.0 Å². The zero-order valence-corrected chi connectivity index (χ0v) is 19.2. The number of hydrogen-bond acceptors (Lipinski definition) is 6. The number of phenolic OH excluding ortho intramolecular Hbond substituents is 1. The Morgan fingerprint density at radius 3 is 2.45 bits per heavy atom. The van der Waals surface area contributed by atoms with Crippen molar-refractivity contribution in [3.05, 3.63) is 88.9 Å². The third-order valence-corrected chi connectivity index (χ3v) is 5.84. The predicted molar refractivity (Wildman–Crippen MR) is 131 cm³/mol. The fourth-order valence-corrected chi connectivity index (χ4v) is 3.85. The van der Waals surface area contributed by atoms with Crippen LogP contribution >= 0.6 is 23.4 Å². The minimum absolute atomic E-state index is 0.109. The van der Waals surface area contributed by atoms with Crippen LogP contribution in [0.2, 0.25) is 5.02 Å².